The molecule has 1 unspecified atom stereocenters. The average molecular weight is 358 g/mol. The lowest BCUT2D eigenvalue weighted by Gasteiger charge is -2.20. The van der Waals surface area contributed by atoms with E-state index < -0.39 is 0 Å². The molecule has 0 fully saturated rings. The summed E-state index contributed by atoms with van der Waals surface area (Å²) in [7, 11) is 0. The van der Waals surface area contributed by atoms with E-state index in [1.54, 1.807) is 48.5 Å². The molecule has 0 saturated carbocycles. The van der Waals surface area contributed by atoms with Crippen LogP contribution in [0.15, 0.2) is 48.5 Å². The van der Waals surface area contributed by atoms with Crippen molar-refractivity contribution >= 4 is 0 Å². The van der Waals surface area contributed by atoms with Crippen LogP contribution in [-0.2, 0) is 0 Å². The van der Waals surface area contributed by atoms with Crippen LogP contribution in [-0.4, -0.2) is 22.9 Å². The smallest absolute Gasteiger partial charge is 0.133 e. The molecule has 0 aromatic heterocycles. The second kappa shape index (κ2) is 11.3. The number of phenols is 2. The normalized spacial score (nSPS) is 11.9. The van der Waals surface area contributed by atoms with E-state index in [2.05, 4.69) is 6.92 Å². The molecule has 26 heavy (non-hydrogen) atoms. The lowest BCUT2D eigenvalue weighted by molar-refractivity contribution is 0.118. The first kappa shape index (κ1) is 20.0. The number of rotatable bonds is 12. The number of hydrogen-bond donors (Lipinski definition) is 2. The summed E-state index contributed by atoms with van der Waals surface area (Å²) in [5, 5.41) is 18.8. The summed E-state index contributed by atoms with van der Waals surface area (Å²) >= 11 is 0. The Balaban J connectivity index is 1.84. The van der Waals surface area contributed by atoms with Crippen molar-refractivity contribution in [1.29, 1.82) is 0 Å². The number of hydrogen-bond acceptors (Lipinski definition) is 4. The molecule has 4 nitrogen and oxygen atoms in total. The number of phenolic OH excluding ortho intramolecular Hbond substituents is 2. The molecule has 4 heteroatoms. The number of unbranched alkanes of at least 4 members (excludes halogenated alkanes) is 5. The molecule has 0 amide bonds. The van der Waals surface area contributed by atoms with E-state index in [0.717, 1.165) is 18.6 Å². The first-order chi connectivity index (χ1) is 12.7. The van der Waals surface area contributed by atoms with Gasteiger partial charge in [0.1, 0.15) is 35.7 Å². The third-order valence-electron chi connectivity index (χ3n) is 4.29. The predicted octanol–water partition coefficient (Wildman–Crippen LogP) is 5.67. The molecule has 0 spiro atoms. The lowest BCUT2D eigenvalue weighted by Crippen LogP contribution is -2.25. The van der Waals surface area contributed by atoms with Crippen LogP contribution >= 0.6 is 0 Å². The number of benzene rings is 2. The minimum atomic E-state index is -0.0560. The quantitative estimate of drug-likeness (QED) is 0.480. The van der Waals surface area contributed by atoms with Crippen molar-refractivity contribution in [3.8, 4) is 23.0 Å². The average Bonchev–Trinajstić information content (AvgIpc) is 2.65. The van der Waals surface area contributed by atoms with Crippen molar-refractivity contribution in [2.75, 3.05) is 6.61 Å². The summed E-state index contributed by atoms with van der Waals surface area (Å²) in [6.45, 7) is 2.67. The fraction of sp³-hybridized carbons (Fsp3) is 0.455. The third kappa shape index (κ3) is 7.68. The molecular weight excluding hydrogens is 328 g/mol. The predicted molar refractivity (Wildman–Crippen MR) is 104 cm³/mol. The van der Waals surface area contributed by atoms with E-state index in [9.17, 15) is 10.2 Å². The maximum atomic E-state index is 9.41. The second-order valence-electron chi connectivity index (χ2n) is 6.60. The maximum Gasteiger partial charge on any atom is 0.133 e. The minimum Gasteiger partial charge on any atom is -0.508 e. The molecular formula is C22H30O4. The summed E-state index contributed by atoms with van der Waals surface area (Å²) < 4.78 is 11.9. The van der Waals surface area contributed by atoms with Crippen LogP contribution in [0.4, 0.5) is 0 Å². The van der Waals surface area contributed by atoms with Crippen molar-refractivity contribution < 1.29 is 19.7 Å². The van der Waals surface area contributed by atoms with Crippen LogP contribution in [0.1, 0.15) is 51.9 Å². The Hall–Kier alpha value is -2.36. The van der Waals surface area contributed by atoms with Gasteiger partial charge in [0, 0.05) is 0 Å². The fourth-order valence-electron chi connectivity index (χ4n) is 2.78. The largest absolute Gasteiger partial charge is 0.508 e. The molecule has 0 aliphatic carbocycles. The van der Waals surface area contributed by atoms with Gasteiger partial charge in [-0.3, -0.25) is 0 Å². The highest BCUT2D eigenvalue weighted by Gasteiger charge is 2.12. The first-order valence-corrected chi connectivity index (χ1v) is 9.55. The van der Waals surface area contributed by atoms with Gasteiger partial charge in [-0.1, -0.05) is 39.0 Å². The highest BCUT2D eigenvalue weighted by molar-refractivity contribution is 5.31. The molecule has 2 N–H and O–H groups in total. The van der Waals surface area contributed by atoms with Crippen LogP contribution in [0.3, 0.4) is 0 Å². The molecule has 1 atom stereocenters. The van der Waals surface area contributed by atoms with E-state index in [1.807, 2.05) is 0 Å². The summed E-state index contributed by atoms with van der Waals surface area (Å²) in [6.07, 6.45) is 8.29. The Morgan fingerprint density at radius 1 is 0.731 bits per heavy atom. The van der Waals surface area contributed by atoms with Gasteiger partial charge in [-0.2, -0.15) is 0 Å². The molecule has 2 rings (SSSR count). The molecule has 0 aliphatic heterocycles. The molecule has 0 heterocycles. The summed E-state index contributed by atoms with van der Waals surface area (Å²) in [6, 6.07) is 13.5. The van der Waals surface area contributed by atoms with E-state index in [0.29, 0.717) is 12.4 Å². The van der Waals surface area contributed by atoms with E-state index in [1.165, 1.54) is 32.1 Å². The summed E-state index contributed by atoms with van der Waals surface area (Å²) in [5.74, 6) is 1.89. The van der Waals surface area contributed by atoms with E-state index in [-0.39, 0.29) is 17.6 Å². The van der Waals surface area contributed by atoms with Gasteiger partial charge in [0.05, 0.1) is 0 Å². The number of aromatic hydroxyl groups is 2. The van der Waals surface area contributed by atoms with Gasteiger partial charge < -0.3 is 19.7 Å². The maximum absolute atomic E-state index is 9.41. The van der Waals surface area contributed by atoms with Crippen molar-refractivity contribution in [1.82, 2.24) is 0 Å². The van der Waals surface area contributed by atoms with Gasteiger partial charge in [0.15, 0.2) is 0 Å². The first-order valence-electron chi connectivity index (χ1n) is 9.55. The fourth-order valence-corrected chi connectivity index (χ4v) is 2.78. The highest BCUT2D eigenvalue weighted by atomic mass is 16.5. The van der Waals surface area contributed by atoms with Crippen molar-refractivity contribution in [2.24, 2.45) is 0 Å². The van der Waals surface area contributed by atoms with Crippen molar-refractivity contribution in [3.05, 3.63) is 48.5 Å². The summed E-state index contributed by atoms with van der Waals surface area (Å²) in [5.41, 5.74) is 0. The Bertz CT molecular complexity index is 607. The van der Waals surface area contributed by atoms with Gasteiger partial charge in [-0.25, -0.2) is 0 Å². The van der Waals surface area contributed by atoms with Crippen molar-refractivity contribution in [2.45, 2.75) is 58.0 Å². The van der Waals surface area contributed by atoms with Crippen LogP contribution in [0.25, 0.3) is 0 Å². The number of ether oxygens (including phenoxy) is 2. The molecule has 142 valence electrons. The standard InChI is InChI=1S/C22H30O4/c1-2-3-4-5-6-7-8-22(26-21-15-11-19(24)12-16-21)17-25-20-13-9-18(23)10-14-20/h9-16,22-24H,2-8,17H2,1H3. The Labute approximate surface area is 156 Å². The van der Waals surface area contributed by atoms with Crippen LogP contribution in [0.5, 0.6) is 23.0 Å². The molecule has 0 saturated heterocycles. The van der Waals surface area contributed by atoms with Crippen LogP contribution in [0.2, 0.25) is 0 Å². The Morgan fingerprint density at radius 2 is 1.27 bits per heavy atom. The highest BCUT2D eigenvalue weighted by Crippen LogP contribution is 2.21. The second-order valence-corrected chi connectivity index (χ2v) is 6.60. The monoisotopic (exact) mass is 358 g/mol. The third-order valence-corrected chi connectivity index (χ3v) is 4.29. The van der Waals surface area contributed by atoms with Gasteiger partial charge in [-0.05, 0) is 61.4 Å². The lowest BCUT2D eigenvalue weighted by atomic mass is 10.1. The minimum absolute atomic E-state index is 0.0560. The Morgan fingerprint density at radius 3 is 1.88 bits per heavy atom. The molecule has 0 radical (unpaired) electrons. The van der Waals surface area contributed by atoms with Crippen LogP contribution < -0.4 is 9.47 Å². The molecule has 2 aromatic carbocycles. The molecule has 0 aliphatic rings. The summed E-state index contributed by atoms with van der Waals surface area (Å²) in [4.78, 5) is 0. The zero-order chi connectivity index (χ0) is 18.6. The van der Waals surface area contributed by atoms with Gasteiger partial charge in [0.2, 0.25) is 0 Å². The molecule has 0 bridgehead atoms. The van der Waals surface area contributed by atoms with Gasteiger partial charge >= 0.3 is 0 Å². The Kier molecular flexibility index (Phi) is 8.67. The zero-order valence-electron chi connectivity index (χ0n) is 15.6. The van der Waals surface area contributed by atoms with E-state index >= 15 is 0 Å². The van der Waals surface area contributed by atoms with Gasteiger partial charge in [0.25, 0.3) is 0 Å². The van der Waals surface area contributed by atoms with Crippen molar-refractivity contribution in [3.63, 3.8) is 0 Å². The topological polar surface area (TPSA) is 58.9 Å². The van der Waals surface area contributed by atoms with Crippen LogP contribution in [0, 0.1) is 0 Å². The van der Waals surface area contributed by atoms with E-state index in [4.69, 9.17) is 9.47 Å². The zero-order valence-corrected chi connectivity index (χ0v) is 15.6. The van der Waals surface area contributed by atoms with Gasteiger partial charge in [-0.15, -0.1) is 0 Å². The SMILES string of the molecule is CCCCCCCCC(COc1ccc(O)cc1)Oc1ccc(O)cc1. The molecule has 2 aromatic rings.